The first-order chi connectivity index (χ1) is 9.19. The lowest BCUT2D eigenvalue weighted by Crippen LogP contribution is -2.31. The summed E-state index contributed by atoms with van der Waals surface area (Å²) in [5, 5.41) is 10.00. The van der Waals surface area contributed by atoms with Gasteiger partial charge in [0.25, 0.3) is 0 Å². The first-order valence-electron chi connectivity index (χ1n) is 7.45. The number of aromatic nitrogens is 2. The minimum atomic E-state index is 0.200. The number of carbonyl (C=O) groups is 1. The maximum absolute atomic E-state index is 12.0. The zero-order chi connectivity index (χ0) is 14.1. The van der Waals surface area contributed by atoms with E-state index in [0.717, 1.165) is 50.8 Å². The van der Waals surface area contributed by atoms with E-state index in [9.17, 15) is 4.79 Å². The molecule has 1 aromatic rings. The molecule has 0 spiro atoms. The average Bonchev–Trinajstić information content (AvgIpc) is 2.80. The SMILES string of the molecule is CCCC(CCC)C(=O)NCCCc1cn[nH]c1C. The van der Waals surface area contributed by atoms with Crippen LogP contribution in [0.3, 0.4) is 0 Å². The Kier molecular flexibility index (Phi) is 7.23. The van der Waals surface area contributed by atoms with Crippen LogP contribution in [0, 0.1) is 12.8 Å². The predicted octanol–water partition coefficient (Wildman–Crippen LogP) is 2.98. The Morgan fingerprint density at radius 2 is 2.05 bits per heavy atom. The van der Waals surface area contributed by atoms with Gasteiger partial charge < -0.3 is 5.32 Å². The third-order valence-electron chi connectivity index (χ3n) is 3.50. The zero-order valence-corrected chi connectivity index (χ0v) is 12.5. The molecule has 1 amide bonds. The van der Waals surface area contributed by atoms with Crippen LogP contribution >= 0.6 is 0 Å². The van der Waals surface area contributed by atoms with Crippen LogP contribution in [0.5, 0.6) is 0 Å². The van der Waals surface area contributed by atoms with Crippen molar-refractivity contribution in [1.82, 2.24) is 15.5 Å². The van der Waals surface area contributed by atoms with Crippen molar-refractivity contribution in [3.63, 3.8) is 0 Å². The summed E-state index contributed by atoms with van der Waals surface area (Å²) in [6, 6.07) is 0. The molecule has 2 N–H and O–H groups in total. The van der Waals surface area contributed by atoms with Crippen LogP contribution in [0.25, 0.3) is 0 Å². The third kappa shape index (κ3) is 5.45. The van der Waals surface area contributed by atoms with E-state index < -0.39 is 0 Å². The number of amides is 1. The van der Waals surface area contributed by atoms with E-state index in [-0.39, 0.29) is 11.8 Å². The van der Waals surface area contributed by atoms with E-state index in [2.05, 4.69) is 29.4 Å². The molecule has 0 aromatic carbocycles. The van der Waals surface area contributed by atoms with Gasteiger partial charge in [-0.3, -0.25) is 9.89 Å². The summed E-state index contributed by atoms with van der Waals surface area (Å²) < 4.78 is 0. The monoisotopic (exact) mass is 265 g/mol. The Bertz CT molecular complexity index is 367. The number of rotatable bonds is 9. The molecule has 0 unspecified atom stereocenters. The summed E-state index contributed by atoms with van der Waals surface area (Å²) >= 11 is 0. The maximum atomic E-state index is 12.0. The number of nitrogens with one attached hydrogen (secondary N) is 2. The first-order valence-corrected chi connectivity index (χ1v) is 7.45. The lowest BCUT2D eigenvalue weighted by Gasteiger charge is -2.15. The molecule has 1 heterocycles. The largest absolute Gasteiger partial charge is 0.356 e. The number of carbonyl (C=O) groups excluding carboxylic acids is 1. The fourth-order valence-electron chi connectivity index (χ4n) is 2.37. The lowest BCUT2D eigenvalue weighted by molar-refractivity contribution is -0.125. The highest BCUT2D eigenvalue weighted by Gasteiger charge is 2.15. The normalized spacial score (nSPS) is 10.9. The van der Waals surface area contributed by atoms with E-state index in [4.69, 9.17) is 0 Å². The van der Waals surface area contributed by atoms with Crippen molar-refractivity contribution in [2.75, 3.05) is 6.54 Å². The smallest absolute Gasteiger partial charge is 0.223 e. The van der Waals surface area contributed by atoms with Gasteiger partial charge in [-0.15, -0.1) is 0 Å². The molecule has 0 radical (unpaired) electrons. The molecule has 0 aliphatic rings. The number of hydrogen-bond donors (Lipinski definition) is 2. The molecule has 0 aliphatic heterocycles. The van der Waals surface area contributed by atoms with Gasteiger partial charge in [0, 0.05) is 18.2 Å². The fourth-order valence-corrected chi connectivity index (χ4v) is 2.37. The van der Waals surface area contributed by atoms with Gasteiger partial charge in [-0.2, -0.15) is 5.10 Å². The molecule has 0 saturated heterocycles. The fraction of sp³-hybridized carbons (Fsp3) is 0.733. The van der Waals surface area contributed by atoms with Crippen molar-refractivity contribution in [3.05, 3.63) is 17.5 Å². The summed E-state index contributed by atoms with van der Waals surface area (Å²) in [4.78, 5) is 12.0. The molecule has 1 rings (SSSR count). The van der Waals surface area contributed by atoms with Gasteiger partial charge in [0.2, 0.25) is 5.91 Å². The summed E-state index contributed by atoms with van der Waals surface area (Å²) in [7, 11) is 0. The Hall–Kier alpha value is -1.32. The molecule has 19 heavy (non-hydrogen) atoms. The van der Waals surface area contributed by atoms with Crippen molar-refractivity contribution in [1.29, 1.82) is 0 Å². The van der Waals surface area contributed by atoms with Gasteiger partial charge in [0.05, 0.1) is 6.20 Å². The molecule has 108 valence electrons. The summed E-state index contributed by atoms with van der Waals surface area (Å²) in [6.45, 7) is 7.06. The van der Waals surface area contributed by atoms with Crippen LogP contribution in [-0.2, 0) is 11.2 Å². The van der Waals surface area contributed by atoms with Crippen LogP contribution in [0.4, 0.5) is 0 Å². The number of H-pyrrole nitrogens is 1. The Labute approximate surface area is 116 Å². The van der Waals surface area contributed by atoms with Crippen LogP contribution in [0.15, 0.2) is 6.20 Å². The van der Waals surface area contributed by atoms with E-state index >= 15 is 0 Å². The van der Waals surface area contributed by atoms with Crippen molar-refractivity contribution in [2.45, 2.75) is 59.3 Å². The van der Waals surface area contributed by atoms with Crippen molar-refractivity contribution in [2.24, 2.45) is 5.92 Å². The lowest BCUT2D eigenvalue weighted by atomic mass is 9.97. The van der Waals surface area contributed by atoms with Crippen molar-refractivity contribution < 1.29 is 4.79 Å². The second-order valence-electron chi connectivity index (χ2n) is 5.19. The van der Waals surface area contributed by atoms with Crippen LogP contribution < -0.4 is 5.32 Å². The Morgan fingerprint density at radius 1 is 1.37 bits per heavy atom. The van der Waals surface area contributed by atoms with E-state index in [0.29, 0.717) is 0 Å². The highest BCUT2D eigenvalue weighted by molar-refractivity contribution is 5.78. The van der Waals surface area contributed by atoms with Gasteiger partial charge in [0.15, 0.2) is 0 Å². The molecule has 1 aromatic heterocycles. The molecule has 4 heteroatoms. The zero-order valence-electron chi connectivity index (χ0n) is 12.5. The number of aromatic amines is 1. The second kappa shape index (κ2) is 8.73. The quantitative estimate of drug-likeness (QED) is 0.674. The molecule has 0 bridgehead atoms. The molecule has 4 nitrogen and oxygen atoms in total. The molecular formula is C15H27N3O. The number of aryl methyl sites for hydroxylation is 2. The molecule has 0 atom stereocenters. The first kappa shape index (κ1) is 15.7. The van der Waals surface area contributed by atoms with Gasteiger partial charge in [-0.25, -0.2) is 0 Å². The molecule has 0 saturated carbocycles. The van der Waals surface area contributed by atoms with E-state index in [1.165, 1.54) is 5.56 Å². The summed E-state index contributed by atoms with van der Waals surface area (Å²) in [5.41, 5.74) is 2.37. The average molecular weight is 265 g/mol. The van der Waals surface area contributed by atoms with Crippen LogP contribution in [-0.4, -0.2) is 22.6 Å². The van der Waals surface area contributed by atoms with Crippen molar-refractivity contribution in [3.8, 4) is 0 Å². The van der Waals surface area contributed by atoms with Crippen LogP contribution in [0.1, 0.15) is 57.2 Å². The molecule has 0 aliphatic carbocycles. The van der Waals surface area contributed by atoms with Crippen molar-refractivity contribution >= 4 is 5.91 Å². The van der Waals surface area contributed by atoms with Gasteiger partial charge in [-0.1, -0.05) is 26.7 Å². The standard InChI is InChI=1S/C15H27N3O/c1-4-7-13(8-5-2)15(19)16-10-6-9-14-11-17-18-12(14)3/h11,13H,4-10H2,1-3H3,(H,16,19)(H,17,18). The molecular weight excluding hydrogens is 238 g/mol. The van der Waals surface area contributed by atoms with Gasteiger partial charge in [-0.05, 0) is 38.2 Å². The Balaban J connectivity index is 2.23. The molecule has 0 fully saturated rings. The van der Waals surface area contributed by atoms with E-state index in [1.54, 1.807) is 0 Å². The number of nitrogens with zero attached hydrogens (tertiary/aromatic N) is 1. The highest BCUT2D eigenvalue weighted by Crippen LogP contribution is 2.13. The topological polar surface area (TPSA) is 57.8 Å². The number of hydrogen-bond acceptors (Lipinski definition) is 2. The van der Waals surface area contributed by atoms with E-state index in [1.807, 2.05) is 13.1 Å². The predicted molar refractivity (Wildman–Crippen MR) is 78.0 cm³/mol. The Morgan fingerprint density at radius 3 is 2.58 bits per heavy atom. The van der Waals surface area contributed by atoms with Crippen LogP contribution in [0.2, 0.25) is 0 Å². The second-order valence-corrected chi connectivity index (χ2v) is 5.19. The van der Waals surface area contributed by atoms with Gasteiger partial charge >= 0.3 is 0 Å². The summed E-state index contributed by atoms with van der Waals surface area (Å²) in [6.07, 6.45) is 7.96. The minimum absolute atomic E-state index is 0.200. The van der Waals surface area contributed by atoms with Gasteiger partial charge in [0.1, 0.15) is 0 Å². The highest BCUT2D eigenvalue weighted by atomic mass is 16.1. The third-order valence-corrected chi connectivity index (χ3v) is 3.50. The maximum Gasteiger partial charge on any atom is 0.223 e. The summed E-state index contributed by atoms with van der Waals surface area (Å²) in [5.74, 6) is 0.429. The minimum Gasteiger partial charge on any atom is -0.356 e.